The van der Waals surface area contributed by atoms with Crippen LogP contribution in [0.5, 0.6) is 0 Å². The summed E-state index contributed by atoms with van der Waals surface area (Å²) in [6.07, 6.45) is 0. The van der Waals surface area contributed by atoms with Crippen molar-refractivity contribution < 1.29 is 9.53 Å². The number of nitrogens with two attached hydrogens (primary N) is 2. The predicted molar refractivity (Wildman–Crippen MR) is 79.7 cm³/mol. The fourth-order valence-electron chi connectivity index (χ4n) is 2.39. The number of nitrogens with zero attached hydrogens (tertiary/aromatic N) is 1. The van der Waals surface area contributed by atoms with E-state index in [-0.39, 0.29) is 6.04 Å². The highest BCUT2D eigenvalue weighted by Gasteiger charge is 2.15. The zero-order valence-corrected chi connectivity index (χ0v) is 11.8. The average molecular weight is 278 g/mol. The van der Waals surface area contributed by atoms with Gasteiger partial charge in [0.15, 0.2) is 0 Å². The minimum Gasteiger partial charge on any atom is -0.396 e. The Morgan fingerprint density at radius 3 is 2.80 bits per heavy atom. The second-order valence-electron chi connectivity index (χ2n) is 5.09. The molecule has 1 atom stereocenters. The Bertz CT molecular complexity index is 472. The fraction of sp³-hybridized carbons (Fsp3) is 0.500. The van der Waals surface area contributed by atoms with E-state index in [1.54, 1.807) is 12.1 Å². The van der Waals surface area contributed by atoms with Gasteiger partial charge in [-0.15, -0.1) is 0 Å². The summed E-state index contributed by atoms with van der Waals surface area (Å²) in [5.74, 6) is -0.507. The molecular weight excluding hydrogens is 256 g/mol. The largest absolute Gasteiger partial charge is 0.396 e. The highest BCUT2D eigenvalue weighted by Crippen LogP contribution is 2.23. The van der Waals surface area contributed by atoms with E-state index in [4.69, 9.17) is 16.2 Å². The van der Waals surface area contributed by atoms with Crippen molar-refractivity contribution in [3.05, 3.63) is 23.8 Å². The fourth-order valence-corrected chi connectivity index (χ4v) is 2.39. The third-order valence-electron chi connectivity index (χ3n) is 3.41. The molecular formula is C14H22N4O2. The molecule has 1 aliphatic heterocycles. The lowest BCUT2D eigenvalue weighted by molar-refractivity contribution is 0.0368. The lowest BCUT2D eigenvalue weighted by Crippen LogP contribution is -2.42. The van der Waals surface area contributed by atoms with E-state index in [0.717, 1.165) is 38.5 Å². The van der Waals surface area contributed by atoms with Crippen LogP contribution in [-0.2, 0) is 4.74 Å². The van der Waals surface area contributed by atoms with Crippen molar-refractivity contribution in [2.24, 2.45) is 5.73 Å². The summed E-state index contributed by atoms with van der Waals surface area (Å²) in [5.41, 5.74) is 12.8. The molecule has 20 heavy (non-hydrogen) atoms. The first-order valence-corrected chi connectivity index (χ1v) is 6.83. The minimum absolute atomic E-state index is 0.221. The first-order valence-electron chi connectivity index (χ1n) is 6.83. The number of para-hydroxylation sites is 1. The van der Waals surface area contributed by atoms with E-state index in [0.29, 0.717) is 11.3 Å². The molecule has 2 rings (SSSR count). The minimum atomic E-state index is -0.507. The highest BCUT2D eigenvalue weighted by molar-refractivity contribution is 6.00. The molecule has 0 saturated carbocycles. The molecule has 1 aromatic carbocycles. The summed E-state index contributed by atoms with van der Waals surface area (Å²) >= 11 is 0. The first kappa shape index (κ1) is 14.6. The number of hydrogen-bond acceptors (Lipinski definition) is 5. The van der Waals surface area contributed by atoms with Crippen LogP contribution in [0.25, 0.3) is 0 Å². The molecule has 1 aliphatic rings. The van der Waals surface area contributed by atoms with Gasteiger partial charge in [0.1, 0.15) is 0 Å². The van der Waals surface area contributed by atoms with Crippen LogP contribution >= 0.6 is 0 Å². The van der Waals surface area contributed by atoms with Crippen molar-refractivity contribution in [2.45, 2.75) is 13.0 Å². The summed E-state index contributed by atoms with van der Waals surface area (Å²) in [7, 11) is 0. The van der Waals surface area contributed by atoms with Crippen LogP contribution in [0, 0.1) is 0 Å². The molecule has 5 N–H and O–H groups in total. The van der Waals surface area contributed by atoms with Crippen molar-refractivity contribution in [2.75, 3.05) is 43.9 Å². The number of carbonyl (C=O) groups excluding carboxylic acids is 1. The van der Waals surface area contributed by atoms with Crippen molar-refractivity contribution in [1.29, 1.82) is 0 Å². The summed E-state index contributed by atoms with van der Waals surface area (Å²) in [4.78, 5) is 13.6. The van der Waals surface area contributed by atoms with Crippen molar-refractivity contribution >= 4 is 17.3 Å². The topological polar surface area (TPSA) is 93.6 Å². The molecule has 0 radical (unpaired) electrons. The van der Waals surface area contributed by atoms with E-state index in [1.807, 2.05) is 6.07 Å². The lowest BCUT2D eigenvalue weighted by Gasteiger charge is -2.30. The van der Waals surface area contributed by atoms with Gasteiger partial charge in [-0.1, -0.05) is 6.07 Å². The van der Waals surface area contributed by atoms with Gasteiger partial charge >= 0.3 is 0 Å². The van der Waals surface area contributed by atoms with Crippen LogP contribution in [0.1, 0.15) is 17.3 Å². The van der Waals surface area contributed by atoms with Crippen LogP contribution in [0.15, 0.2) is 18.2 Å². The Kier molecular flexibility index (Phi) is 4.81. The number of primary amides is 1. The molecule has 6 nitrogen and oxygen atoms in total. The second-order valence-corrected chi connectivity index (χ2v) is 5.09. The SMILES string of the molecule is CC(CN1CCOCC1)Nc1cccc(C(N)=O)c1N. The van der Waals surface area contributed by atoms with Crippen LogP contribution in [-0.4, -0.2) is 49.7 Å². The Morgan fingerprint density at radius 1 is 1.45 bits per heavy atom. The quantitative estimate of drug-likeness (QED) is 0.682. The van der Waals surface area contributed by atoms with Gasteiger partial charge in [-0.3, -0.25) is 9.69 Å². The third kappa shape index (κ3) is 3.61. The number of nitrogens with one attached hydrogen (secondary N) is 1. The van der Waals surface area contributed by atoms with E-state index < -0.39 is 5.91 Å². The molecule has 0 aliphatic carbocycles. The van der Waals surface area contributed by atoms with Crippen LogP contribution in [0.4, 0.5) is 11.4 Å². The van der Waals surface area contributed by atoms with E-state index in [2.05, 4.69) is 17.1 Å². The van der Waals surface area contributed by atoms with Gasteiger partial charge in [0.2, 0.25) is 0 Å². The molecule has 0 aromatic heterocycles. The molecule has 1 aromatic rings. The van der Waals surface area contributed by atoms with Crippen LogP contribution < -0.4 is 16.8 Å². The van der Waals surface area contributed by atoms with Gasteiger partial charge in [0.05, 0.1) is 30.2 Å². The number of anilines is 2. The molecule has 1 amide bonds. The molecule has 1 unspecified atom stereocenters. The third-order valence-corrected chi connectivity index (χ3v) is 3.41. The lowest BCUT2D eigenvalue weighted by atomic mass is 10.1. The number of morpholine rings is 1. The van der Waals surface area contributed by atoms with Gasteiger partial charge in [-0.2, -0.15) is 0 Å². The standard InChI is InChI=1S/C14H22N4O2/c1-10(9-18-5-7-20-8-6-18)17-12-4-2-3-11(13(12)15)14(16)19/h2-4,10,17H,5-9,15H2,1H3,(H2,16,19). The number of carbonyl (C=O) groups is 1. The van der Waals surface area contributed by atoms with Gasteiger partial charge < -0.3 is 21.5 Å². The maximum atomic E-state index is 11.3. The molecule has 0 bridgehead atoms. The summed E-state index contributed by atoms with van der Waals surface area (Å²) in [5, 5.41) is 3.34. The Labute approximate surface area is 119 Å². The Morgan fingerprint density at radius 2 is 2.15 bits per heavy atom. The molecule has 0 spiro atoms. The molecule has 6 heteroatoms. The summed E-state index contributed by atoms with van der Waals surface area (Å²) in [6.45, 7) is 6.46. The van der Waals surface area contributed by atoms with Crippen LogP contribution in [0.2, 0.25) is 0 Å². The molecule has 1 saturated heterocycles. The number of rotatable bonds is 5. The average Bonchev–Trinajstić information content (AvgIpc) is 2.42. The number of ether oxygens (including phenoxy) is 1. The Balaban J connectivity index is 1.98. The van der Waals surface area contributed by atoms with E-state index >= 15 is 0 Å². The predicted octanol–water partition coefficient (Wildman–Crippen LogP) is 0.500. The zero-order valence-electron chi connectivity index (χ0n) is 11.8. The number of benzene rings is 1. The normalized spacial score (nSPS) is 17.6. The molecule has 1 fully saturated rings. The van der Waals surface area contributed by atoms with E-state index in [9.17, 15) is 4.79 Å². The molecule has 110 valence electrons. The second kappa shape index (κ2) is 6.58. The van der Waals surface area contributed by atoms with Gasteiger partial charge in [0, 0.05) is 25.7 Å². The molecule has 1 heterocycles. The highest BCUT2D eigenvalue weighted by atomic mass is 16.5. The Hall–Kier alpha value is -1.79. The zero-order chi connectivity index (χ0) is 14.5. The summed E-state index contributed by atoms with van der Waals surface area (Å²) < 4.78 is 5.33. The van der Waals surface area contributed by atoms with E-state index in [1.165, 1.54) is 0 Å². The van der Waals surface area contributed by atoms with Crippen molar-refractivity contribution in [1.82, 2.24) is 4.90 Å². The summed E-state index contributed by atoms with van der Waals surface area (Å²) in [6, 6.07) is 5.49. The monoisotopic (exact) mass is 278 g/mol. The maximum absolute atomic E-state index is 11.3. The smallest absolute Gasteiger partial charge is 0.250 e. The van der Waals surface area contributed by atoms with Gasteiger partial charge in [0.25, 0.3) is 5.91 Å². The maximum Gasteiger partial charge on any atom is 0.250 e. The van der Waals surface area contributed by atoms with Gasteiger partial charge in [-0.05, 0) is 19.1 Å². The number of amides is 1. The first-order chi connectivity index (χ1) is 9.58. The number of nitrogen functional groups attached to an aromatic ring is 1. The van der Waals surface area contributed by atoms with Crippen molar-refractivity contribution in [3.63, 3.8) is 0 Å². The van der Waals surface area contributed by atoms with Crippen molar-refractivity contribution in [3.8, 4) is 0 Å². The number of hydrogen-bond donors (Lipinski definition) is 3. The van der Waals surface area contributed by atoms with Gasteiger partial charge in [-0.25, -0.2) is 0 Å². The van der Waals surface area contributed by atoms with Crippen LogP contribution in [0.3, 0.4) is 0 Å².